The molecule has 12 heteroatoms. The highest BCUT2D eigenvalue weighted by Crippen LogP contribution is 2.20. The van der Waals surface area contributed by atoms with E-state index < -0.39 is 17.7 Å². The van der Waals surface area contributed by atoms with Crippen LogP contribution in [0.15, 0.2) is 47.2 Å². The van der Waals surface area contributed by atoms with Gasteiger partial charge in [-0.25, -0.2) is 13.8 Å². The van der Waals surface area contributed by atoms with Crippen LogP contribution >= 0.6 is 15.9 Å². The zero-order valence-electron chi connectivity index (χ0n) is 23.1. The molecule has 3 aromatic rings. The fraction of sp³-hybridized carbons (Fsp3) is 0.448. The van der Waals surface area contributed by atoms with E-state index in [9.17, 15) is 18.8 Å². The number of carbonyl (C=O) groups is 1. The summed E-state index contributed by atoms with van der Waals surface area (Å²) in [6.07, 6.45) is 8.27. The molecule has 0 radical (unpaired) electrons. The van der Waals surface area contributed by atoms with Gasteiger partial charge in [0.2, 0.25) is 0 Å². The van der Waals surface area contributed by atoms with Crippen LogP contribution in [0.1, 0.15) is 43.9 Å². The molecule has 0 saturated carbocycles. The molecule has 0 amide bonds. The van der Waals surface area contributed by atoms with Crippen LogP contribution < -0.4 is 20.1 Å². The van der Waals surface area contributed by atoms with Crippen LogP contribution in [-0.4, -0.2) is 64.7 Å². The molecule has 0 saturated heterocycles. The first-order valence-corrected chi connectivity index (χ1v) is 14.6. The van der Waals surface area contributed by atoms with E-state index in [0.29, 0.717) is 24.0 Å². The van der Waals surface area contributed by atoms with Gasteiger partial charge in [-0.2, -0.15) is 0 Å². The molecule has 4 rings (SSSR count). The molecule has 41 heavy (non-hydrogen) atoms. The van der Waals surface area contributed by atoms with Crippen molar-refractivity contribution in [3.05, 3.63) is 70.1 Å². The van der Waals surface area contributed by atoms with E-state index in [1.165, 1.54) is 24.9 Å². The lowest BCUT2D eigenvalue weighted by Gasteiger charge is -2.24. The topological polar surface area (TPSA) is 103 Å². The molecule has 0 spiro atoms. The van der Waals surface area contributed by atoms with E-state index >= 15 is 0 Å². The Kier molecular flexibility index (Phi) is 11.2. The van der Waals surface area contributed by atoms with Gasteiger partial charge < -0.3 is 15.3 Å². The predicted molar refractivity (Wildman–Crippen MR) is 154 cm³/mol. The minimum absolute atomic E-state index is 0.0896. The highest BCUT2D eigenvalue weighted by molar-refractivity contribution is 9.10. The second-order valence-corrected chi connectivity index (χ2v) is 11.0. The molecule has 0 bridgehead atoms. The Balaban J connectivity index is 1.33. The number of Topliss-reactive ketones (excluding diaryl/α,β-unsaturated/α-hetero) is 1. The monoisotopic (exact) mass is 633 g/mol. The number of pyridine rings is 1. The van der Waals surface area contributed by atoms with Crippen LogP contribution in [0.3, 0.4) is 0 Å². The number of rotatable bonds is 15. The number of ketones is 1. The lowest BCUT2D eigenvalue weighted by molar-refractivity contribution is -0.895. The zero-order valence-corrected chi connectivity index (χ0v) is 24.7. The Bertz CT molecular complexity index is 1310. The summed E-state index contributed by atoms with van der Waals surface area (Å²) in [6, 6.07) is 6.79. The van der Waals surface area contributed by atoms with E-state index in [0.717, 1.165) is 79.6 Å². The summed E-state index contributed by atoms with van der Waals surface area (Å²) < 4.78 is 34.2. The number of halogens is 3. The third-order valence-corrected chi connectivity index (χ3v) is 7.33. The van der Waals surface area contributed by atoms with Crippen LogP contribution in [0.2, 0.25) is 0 Å². The number of aromatic nitrogens is 3. The molecular formula is C29H36BrF2N6O3+. The maximum Gasteiger partial charge on any atom is 0.428 e. The normalized spacial score (nSPS) is 13.4. The smallest absolute Gasteiger partial charge is 0.428 e. The maximum atomic E-state index is 13.6. The molecular weight excluding hydrogens is 598 g/mol. The number of hydrogen-bond acceptors (Lipinski definition) is 8. The van der Waals surface area contributed by atoms with Crippen LogP contribution in [0.5, 0.6) is 5.75 Å². The summed E-state index contributed by atoms with van der Waals surface area (Å²) in [5.41, 5.74) is 2.32. The van der Waals surface area contributed by atoms with Crippen molar-refractivity contribution in [1.82, 2.24) is 14.9 Å². The second kappa shape index (κ2) is 15.0. The van der Waals surface area contributed by atoms with E-state index in [2.05, 4.69) is 48.6 Å². The first-order chi connectivity index (χ1) is 19.8. The molecule has 3 heterocycles. The lowest BCUT2D eigenvalue weighted by Crippen LogP contribution is -2.41. The standard InChI is InChI=1S/C29H35BrF2N6O3/c1-20(39)27(36-29-34-18-22(30)19-38(29)40)9-12-37(13-14-41-26-16-23(31)15-24(32)17-26)11-3-2-6-25-8-7-21-5-4-10-33-28(21)35-25/h7-8,15-19,27,40H,2-6,9-14H2,1H3,(H,33,35)/p+1/t27-/m0/s1. The lowest BCUT2D eigenvalue weighted by atomic mass is 10.1. The van der Waals surface area contributed by atoms with Crippen molar-refractivity contribution in [2.45, 2.75) is 51.5 Å². The van der Waals surface area contributed by atoms with Gasteiger partial charge in [-0.3, -0.25) is 15.0 Å². The molecule has 220 valence electrons. The zero-order chi connectivity index (χ0) is 29.2. The molecule has 1 aromatic carbocycles. The van der Waals surface area contributed by atoms with Crippen LogP contribution in [0.25, 0.3) is 0 Å². The molecule has 1 aliphatic rings. The number of hydrogen-bond donors (Lipinski definition) is 3. The summed E-state index contributed by atoms with van der Waals surface area (Å²) in [6.45, 7) is 4.47. The number of aryl methyl sites for hydroxylation is 2. The van der Waals surface area contributed by atoms with Crippen molar-refractivity contribution in [2.75, 3.05) is 43.4 Å². The maximum absolute atomic E-state index is 13.6. The Hall–Kier alpha value is -3.38. The van der Waals surface area contributed by atoms with Gasteiger partial charge >= 0.3 is 5.95 Å². The van der Waals surface area contributed by atoms with Gasteiger partial charge in [0.25, 0.3) is 0 Å². The van der Waals surface area contributed by atoms with Gasteiger partial charge in [0.05, 0.1) is 4.47 Å². The number of unbranched alkanes of at least 4 members (excludes halogenated alkanes) is 1. The summed E-state index contributed by atoms with van der Waals surface area (Å²) in [7, 11) is 0. The number of fused-ring (bicyclic) bond motifs is 1. The van der Waals surface area contributed by atoms with Gasteiger partial charge in [0, 0.05) is 49.9 Å². The number of nitrogens with zero attached hydrogens (tertiary/aromatic N) is 4. The Morgan fingerprint density at radius 2 is 2.02 bits per heavy atom. The van der Waals surface area contributed by atoms with Gasteiger partial charge in [-0.15, -0.1) is 0 Å². The van der Waals surface area contributed by atoms with E-state index in [1.807, 2.05) is 0 Å². The summed E-state index contributed by atoms with van der Waals surface area (Å²) in [5.74, 6) is -0.196. The average molecular weight is 635 g/mol. The summed E-state index contributed by atoms with van der Waals surface area (Å²) >= 11 is 3.25. The highest BCUT2D eigenvalue weighted by atomic mass is 79.9. The Morgan fingerprint density at radius 1 is 1.22 bits per heavy atom. The van der Waals surface area contributed by atoms with Crippen LogP contribution in [0, 0.1) is 11.6 Å². The quantitative estimate of drug-likeness (QED) is 0.127. The van der Waals surface area contributed by atoms with Crippen LogP contribution in [0.4, 0.5) is 20.5 Å². The molecule has 9 nitrogen and oxygen atoms in total. The highest BCUT2D eigenvalue weighted by Gasteiger charge is 2.23. The number of anilines is 2. The van der Waals surface area contributed by atoms with Gasteiger partial charge in [0.1, 0.15) is 48.2 Å². The third-order valence-electron chi connectivity index (χ3n) is 6.92. The van der Waals surface area contributed by atoms with Gasteiger partial charge in [0.15, 0.2) is 5.78 Å². The average Bonchev–Trinajstić information content (AvgIpc) is 2.93. The van der Waals surface area contributed by atoms with E-state index in [4.69, 9.17) is 9.72 Å². The molecule has 0 unspecified atom stereocenters. The number of benzene rings is 1. The van der Waals surface area contributed by atoms with Crippen molar-refractivity contribution in [3.63, 3.8) is 0 Å². The third kappa shape index (κ3) is 9.60. The number of ether oxygens (including phenoxy) is 1. The SMILES string of the molecule is CC(=O)[C@H](CCN(CCCCc1ccc2c(n1)NCCC2)CCOc1cc(F)cc(F)c1)Nc1ncc(Br)c[n+]1O. The Morgan fingerprint density at radius 3 is 2.78 bits per heavy atom. The molecule has 1 atom stereocenters. The van der Waals surface area contributed by atoms with Crippen molar-refractivity contribution in [2.24, 2.45) is 0 Å². The first-order valence-electron chi connectivity index (χ1n) is 13.8. The van der Waals surface area contributed by atoms with E-state index in [1.54, 1.807) is 0 Å². The summed E-state index contributed by atoms with van der Waals surface area (Å²) in [4.78, 5) is 23.5. The van der Waals surface area contributed by atoms with Crippen molar-refractivity contribution >= 4 is 33.5 Å². The molecule has 0 fully saturated rings. The number of carbonyl (C=O) groups excluding carboxylic acids is 1. The van der Waals surface area contributed by atoms with Crippen LogP contribution in [-0.2, 0) is 17.6 Å². The fourth-order valence-corrected chi connectivity index (χ4v) is 5.03. The largest absolute Gasteiger partial charge is 0.492 e. The van der Waals surface area contributed by atoms with E-state index in [-0.39, 0.29) is 24.1 Å². The molecule has 2 aromatic heterocycles. The van der Waals surface area contributed by atoms with Gasteiger partial charge in [-0.05, 0) is 73.1 Å². The van der Waals surface area contributed by atoms with Gasteiger partial charge in [-0.1, -0.05) is 15.8 Å². The molecule has 0 aliphatic carbocycles. The van der Waals surface area contributed by atoms with Crippen molar-refractivity contribution < 1.29 is 28.2 Å². The molecule has 1 aliphatic heterocycles. The van der Waals surface area contributed by atoms with Crippen molar-refractivity contribution in [3.8, 4) is 5.75 Å². The van der Waals surface area contributed by atoms with Crippen molar-refractivity contribution in [1.29, 1.82) is 0 Å². The summed E-state index contributed by atoms with van der Waals surface area (Å²) in [5, 5.41) is 16.5. The first kappa shape index (κ1) is 30.6. The fourth-order valence-electron chi connectivity index (χ4n) is 4.73. The molecule has 3 N–H and O–H groups in total. The number of nitrogens with one attached hydrogen (secondary N) is 2. The Labute approximate surface area is 247 Å². The second-order valence-electron chi connectivity index (χ2n) is 10.1. The minimum Gasteiger partial charge on any atom is -0.492 e. The minimum atomic E-state index is -0.694. The predicted octanol–water partition coefficient (Wildman–Crippen LogP) is 4.56.